The Bertz CT molecular complexity index is 354. The lowest BCUT2D eigenvalue weighted by molar-refractivity contribution is 0.408. The number of benzene rings is 1. The van der Waals surface area contributed by atoms with E-state index in [2.05, 4.69) is 27.8 Å². The quantitative estimate of drug-likeness (QED) is 0.898. The number of hydrogen-bond donors (Lipinski definition) is 1. The summed E-state index contributed by atoms with van der Waals surface area (Å²) >= 11 is 9.19. The molecule has 0 atom stereocenters. The molecule has 0 aliphatic carbocycles. The van der Waals surface area contributed by atoms with Crippen molar-refractivity contribution < 1.29 is 4.74 Å². The van der Waals surface area contributed by atoms with E-state index in [4.69, 9.17) is 16.3 Å². The summed E-state index contributed by atoms with van der Waals surface area (Å²) in [5.74, 6) is 0.840. The van der Waals surface area contributed by atoms with Crippen molar-refractivity contribution in [2.45, 2.75) is 6.54 Å². The van der Waals surface area contributed by atoms with Gasteiger partial charge in [-0.3, -0.25) is 0 Å². The lowest BCUT2D eigenvalue weighted by atomic mass is 10.2. The Balaban J connectivity index is 2.65. The Morgan fingerprint density at radius 2 is 2.33 bits per heavy atom. The summed E-state index contributed by atoms with van der Waals surface area (Å²) < 4.78 is 6.14. The van der Waals surface area contributed by atoms with Gasteiger partial charge in [-0.25, -0.2) is 0 Å². The van der Waals surface area contributed by atoms with Gasteiger partial charge in [0.05, 0.1) is 7.11 Å². The minimum Gasteiger partial charge on any atom is -0.496 e. The number of rotatable bonds is 5. The molecule has 2 nitrogen and oxygen atoms in total. The maximum Gasteiger partial charge on any atom is 0.123 e. The molecule has 0 aliphatic heterocycles. The topological polar surface area (TPSA) is 21.3 Å². The van der Waals surface area contributed by atoms with E-state index in [9.17, 15) is 0 Å². The standard InChI is InChI=1S/C11H13BrClNO/c1-8(12)6-14-7-9-5-10(13)3-4-11(9)15-2/h3-5,14H,1,6-7H2,2H3. The second kappa shape index (κ2) is 6.16. The van der Waals surface area contributed by atoms with E-state index in [-0.39, 0.29) is 0 Å². The van der Waals surface area contributed by atoms with Crippen LogP contribution in [0.3, 0.4) is 0 Å². The zero-order valence-electron chi connectivity index (χ0n) is 8.52. The molecule has 0 aliphatic rings. The highest BCUT2D eigenvalue weighted by atomic mass is 79.9. The van der Waals surface area contributed by atoms with Gasteiger partial charge in [0.2, 0.25) is 0 Å². The molecule has 1 aromatic carbocycles. The van der Waals surface area contributed by atoms with Crippen LogP contribution in [0.1, 0.15) is 5.56 Å². The van der Waals surface area contributed by atoms with Crippen molar-refractivity contribution in [3.05, 3.63) is 39.8 Å². The zero-order valence-corrected chi connectivity index (χ0v) is 10.9. The molecular formula is C11H13BrClNO. The smallest absolute Gasteiger partial charge is 0.123 e. The molecule has 0 saturated heterocycles. The Hall–Kier alpha value is -0.510. The van der Waals surface area contributed by atoms with E-state index in [0.29, 0.717) is 11.6 Å². The molecule has 0 spiro atoms. The van der Waals surface area contributed by atoms with Crippen molar-refractivity contribution >= 4 is 27.5 Å². The van der Waals surface area contributed by atoms with E-state index in [1.54, 1.807) is 7.11 Å². The summed E-state index contributed by atoms with van der Waals surface area (Å²) in [4.78, 5) is 0. The highest BCUT2D eigenvalue weighted by Gasteiger charge is 2.03. The van der Waals surface area contributed by atoms with E-state index in [1.165, 1.54) is 0 Å². The minimum absolute atomic E-state index is 0.703. The monoisotopic (exact) mass is 289 g/mol. The molecule has 0 fully saturated rings. The molecule has 1 rings (SSSR count). The van der Waals surface area contributed by atoms with Gasteiger partial charge in [-0.2, -0.15) is 0 Å². The van der Waals surface area contributed by atoms with Gasteiger partial charge in [0.25, 0.3) is 0 Å². The third-order valence-corrected chi connectivity index (χ3v) is 2.39. The lowest BCUT2D eigenvalue weighted by Crippen LogP contribution is -2.15. The summed E-state index contributed by atoms with van der Waals surface area (Å²) in [5, 5.41) is 3.93. The van der Waals surface area contributed by atoms with Crippen LogP contribution in [0.4, 0.5) is 0 Å². The Kier molecular flexibility index (Phi) is 5.15. The number of methoxy groups -OCH3 is 1. The molecule has 82 valence electrons. The molecule has 0 aromatic heterocycles. The van der Waals surface area contributed by atoms with Crippen molar-refractivity contribution in [2.24, 2.45) is 0 Å². The number of nitrogens with one attached hydrogen (secondary N) is 1. The zero-order chi connectivity index (χ0) is 11.3. The molecule has 0 bridgehead atoms. The van der Waals surface area contributed by atoms with Gasteiger partial charge >= 0.3 is 0 Å². The maximum absolute atomic E-state index is 5.91. The predicted octanol–water partition coefficient (Wildman–Crippen LogP) is 3.35. The first-order valence-electron chi connectivity index (χ1n) is 4.50. The summed E-state index contributed by atoms with van der Waals surface area (Å²) in [6.07, 6.45) is 0. The second-order valence-corrected chi connectivity index (χ2v) is 4.63. The normalized spacial score (nSPS) is 10.1. The molecule has 0 heterocycles. The minimum atomic E-state index is 0.703. The molecular weight excluding hydrogens is 277 g/mol. The molecule has 0 radical (unpaired) electrons. The van der Waals surface area contributed by atoms with Crippen molar-refractivity contribution in [3.63, 3.8) is 0 Å². The van der Waals surface area contributed by atoms with Gasteiger partial charge in [-0.15, -0.1) is 0 Å². The SMILES string of the molecule is C=C(Br)CNCc1cc(Cl)ccc1OC. The first-order valence-corrected chi connectivity index (χ1v) is 5.67. The van der Waals surface area contributed by atoms with Crippen LogP contribution in [-0.4, -0.2) is 13.7 Å². The molecule has 1 N–H and O–H groups in total. The van der Waals surface area contributed by atoms with Gasteiger partial charge in [-0.05, 0) is 18.2 Å². The van der Waals surface area contributed by atoms with Gasteiger partial charge in [0.1, 0.15) is 5.75 Å². The summed E-state index contributed by atoms with van der Waals surface area (Å²) in [7, 11) is 1.65. The van der Waals surface area contributed by atoms with Crippen LogP contribution in [0.25, 0.3) is 0 Å². The molecule has 0 amide bonds. The Morgan fingerprint density at radius 1 is 1.60 bits per heavy atom. The Labute approximate surface area is 103 Å². The predicted molar refractivity (Wildman–Crippen MR) is 67.8 cm³/mol. The molecule has 0 saturated carbocycles. The van der Waals surface area contributed by atoms with Gasteiger partial charge in [0.15, 0.2) is 0 Å². The average Bonchev–Trinajstić information content (AvgIpc) is 2.17. The van der Waals surface area contributed by atoms with Gasteiger partial charge in [0, 0.05) is 28.2 Å². The van der Waals surface area contributed by atoms with E-state index in [0.717, 1.165) is 22.3 Å². The van der Waals surface area contributed by atoms with Crippen molar-refractivity contribution in [1.29, 1.82) is 0 Å². The van der Waals surface area contributed by atoms with E-state index in [1.807, 2.05) is 18.2 Å². The van der Waals surface area contributed by atoms with Crippen molar-refractivity contribution in [2.75, 3.05) is 13.7 Å². The first-order chi connectivity index (χ1) is 7.13. The third-order valence-electron chi connectivity index (χ3n) is 1.87. The van der Waals surface area contributed by atoms with Gasteiger partial charge < -0.3 is 10.1 Å². The van der Waals surface area contributed by atoms with E-state index < -0.39 is 0 Å². The number of hydrogen-bond acceptors (Lipinski definition) is 2. The van der Waals surface area contributed by atoms with Crippen LogP contribution < -0.4 is 10.1 Å². The fourth-order valence-corrected chi connectivity index (χ4v) is 1.61. The number of ether oxygens (including phenoxy) is 1. The Morgan fingerprint density at radius 3 is 2.93 bits per heavy atom. The molecule has 15 heavy (non-hydrogen) atoms. The highest BCUT2D eigenvalue weighted by Crippen LogP contribution is 2.22. The molecule has 1 aromatic rings. The van der Waals surface area contributed by atoms with Gasteiger partial charge in [-0.1, -0.05) is 34.1 Å². The van der Waals surface area contributed by atoms with Crippen LogP contribution in [-0.2, 0) is 6.54 Å². The fourth-order valence-electron chi connectivity index (χ4n) is 1.22. The molecule has 4 heteroatoms. The third kappa shape index (κ3) is 4.24. The lowest BCUT2D eigenvalue weighted by Gasteiger charge is -2.09. The van der Waals surface area contributed by atoms with Crippen LogP contribution >= 0.6 is 27.5 Å². The second-order valence-electron chi connectivity index (χ2n) is 3.08. The summed E-state index contributed by atoms with van der Waals surface area (Å²) in [6.45, 7) is 5.16. The van der Waals surface area contributed by atoms with Crippen LogP contribution in [0.15, 0.2) is 29.3 Å². The summed E-state index contributed by atoms with van der Waals surface area (Å²) in [5.41, 5.74) is 1.04. The van der Waals surface area contributed by atoms with Crippen molar-refractivity contribution in [1.82, 2.24) is 5.32 Å². The van der Waals surface area contributed by atoms with Crippen LogP contribution in [0.2, 0.25) is 5.02 Å². The largest absolute Gasteiger partial charge is 0.496 e. The first kappa shape index (κ1) is 12.6. The van der Waals surface area contributed by atoms with Crippen LogP contribution in [0, 0.1) is 0 Å². The highest BCUT2D eigenvalue weighted by molar-refractivity contribution is 9.11. The van der Waals surface area contributed by atoms with E-state index >= 15 is 0 Å². The molecule has 0 unspecified atom stereocenters. The van der Waals surface area contributed by atoms with Crippen molar-refractivity contribution in [3.8, 4) is 5.75 Å². The fraction of sp³-hybridized carbons (Fsp3) is 0.273. The average molecular weight is 291 g/mol. The summed E-state index contributed by atoms with van der Waals surface area (Å²) in [6, 6.07) is 5.57. The number of halogens is 2. The maximum atomic E-state index is 5.91. The van der Waals surface area contributed by atoms with Crippen LogP contribution in [0.5, 0.6) is 5.75 Å².